The van der Waals surface area contributed by atoms with Crippen molar-refractivity contribution in [1.29, 1.82) is 0 Å². The first-order chi connectivity index (χ1) is 7.51. The van der Waals surface area contributed by atoms with E-state index in [4.69, 9.17) is 0 Å². The molecule has 0 unspecified atom stereocenters. The number of benzene rings is 1. The van der Waals surface area contributed by atoms with Gasteiger partial charge in [-0.3, -0.25) is 0 Å². The number of alkyl halides is 3. The van der Waals surface area contributed by atoms with E-state index >= 15 is 0 Å². The van der Waals surface area contributed by atoms with Gasteiger partial charge in [0.05, 0.1) is 0 Å². The van der Waals surface area contributed by atoms with Crippen LogP contribution in [0.5, 0.6) is 0 Å². The molecule has 90 valence electrons. The molecule has 0 aliphatic carbocycles. The molecular formula is C12H16F3N. The Bertz CT molecular complexity index is 295. The van der Waals surface area contributed by atoms with E-state index in [2.05, 4.69) is 5.32 Å². The first-order valence-corrected chi connectivity index (χ1v) is 5.26. The molecule has 0 aliphatic rings. The molecule has 0 saturated heterocycles. The average molecular weight is 231 g/mol. The van der Waals surface area contributed by atoms with Crippen LogP contribution in [-0.4, -0.2) is 19.8 Å². The van der Waals surface area contributed by atoms with Gasteiger partial charge in [0, 0.05) is 6.42 Å². The average Bonchev–Trinajstić information content (AvgIpc) is 2.17. The lowest BCUT2D eigenvalue weighted by molar-refractivity contribution is -0.144. The lowest BCUT2D eigenvalue weighted by Gasteiger charge is -2.18. The standard InChI is InChI=1S/C12H16F3N/c1-16-9-11(8-12(13,14)15)7-10-5-3-2-4-6-10/h2-6,11,16H,7-9H2,1H3/t11-/m1/s1. The van der Waals surface area contributed by atoms with Gasteiger partial charge in [-0.2, -0.15) is 13.2 Å². The molecule has 0 amide bonds. The van der Waals surface area contributed by atoms with E-state index in [0.29, 0.717) is 13.0 Å². The lowest BCUT2D eigenvalue weighted by Crippen LogP contribution is -2.26. The highest BCUT2D eigenvalue weighted by molar-refractivity contribution is 5.15. The third kappa shape index (κ3) is 5.16. The van der Waals surface area contributed by atoms with Gasteiger partial charge in [-0.1, -0.05) is 30.3 Å². The van der Waals surface area contributed by atoms with Crippen LogP contribution in [-0.2, 0) is 6.42 Å². The maximum Gasteiger partial charge on any atom is 0.389 e. The van der Waals surface area contributed by atoms with Crippen molar-refractivity contribution in [2.24, 2.45) is 5.92 Å². The Morgan fingerprint density at radius 2 is 1.81 bits per heavy atom. The highest BCUT2D eigenvalue weighted by Gasteiger charge is 2.31. The summed E-state index contributed by atoms with van der Waals surface area (Å²) < 4.78 is 36.9. The van der Waals surface area contributed by atoms with Crippen LogP contribution in [0.1, 0.15) is 12.0 Å². The van der Waals surface area contributed by atoms with E-state index in [1.165, 1.54) is 0 Å². The summed E-state index contributed by atoms with van der Waals surface area (Å²) in [6, 6.07) is 9.27. The second-order valence-electron chi connectivity index (χ2n) is 3.93. The van der Waals surface area contributed by atoms with Crippen LogP contribution in [0.15, 0.2) is 30.3 Å². The molecule has 1 atom stereocenters. The second kappa shape index (κ2) is 5.89. The lowest BCUT2D eigenvalue weighted by atomic mass is 9.96. The zero-order chi connectivity index (χ0) is 12.0. The van der Waals surface area contributed by atoms with Gasteiger partial charge in [-0.05, 0) is 31.5 Å². The smallest absolute Gasteiger partial charge is 0.319 e. The number of hydrogen-bond acceptors (Lipinski definition) is 1. The summed E-state index contributed by atoms with van der Waals surface area (Å²) in [4.78, 5) is 0. The topological polar surface area (TPSA) is 12.0 Å². The molecule has 0 aromatic heterocycles. The van der Waals surface area contributed by atoms with E-state index in [1.54, 1.807) is 7.05 Å². The minimum Gasteiger partial charge on any atom is -0.319 e. The summed E-state index contributed by atoms with van der Waals surface area (Å²) in [5.74, 6) is -0.396. The Morgan fingerprint density at radius 1 is 1.19 bits per heavy atom. The van der Waals surface area contributed by atoms with E-state index < -0.39 is 18.5 Å². The Balaban J connectivity index is 2.58. The third-order valence-corrected chi connectivity index (χ3v) is 2.38. The second-order valence-corrected chi connectivity index (χ2v) is 3.93. The van der Waals surface area contributed by atoms with Gasteiger partial charge in [-0.25, -0.2) is 0 Å². The molecule has 0 bridgehead atoms. The van der Waals surface area contributed by atoms with E-state index in [9.17, 15) is 13.2 Å². The summed E-state index contributed by atoms with van der Waals surface area (Å²) in [5, 5.41) is 2.81. The van der Waals surface area contributed by atoms with E-state index in [-0.39, 0.29) is 0 Å². The summed E-state index contributed by atoms with van der Waals surface area (Å²) in [6.45, 7) is 0.383. The predicted molar refractivity (Wildman–Crippen MR) is 58.2 cm³/mol. The molecule has 1 aromatic rings. The minimum atomic E-state index is -4.09. The van der Waals surface area contributed by atoms with Crippen molar-refractivity contribution in [3.63, 3.8) is 0 Å². The molecule has 0 aliphatic heterocycles. The van der Waals surface area contributed by atoms with E-state index in [0.717, 1.165) is 5.56 Å². The highest BCUT2D eigenvalue weighted by Crippen LogP contribution is 2.26. The fourth-order valence-corrected chi connectivity index (χ4v) is 1.78. The minimum absolute atomic E-state index is 0.383. The zero-order valence-corrected chi connectivity index (χ0v) is 9.22. The van der Waals surface area contributed by atoms with Gasteiger partial charge in [0.25, 0.3) is 0 Å². The van der Waals surface area contributed by atoms with Crippen molar-refractivity contribution in [3.05, 3.63) is 35.9 Å². The number of halogens is 3. The largest absolute Gasteiger partial charge is 0.389 e. The Labute approximate surface area is 93.7 Å². The first-order valence-electron chi connectivity index (χ1n) is 5.26. The summed E-state index contributed by atoms with van der Waals surface area (Å²) in [6.07, 6.45) is -4.36. The number of hydrogen-bond donors (Lipinski definition) is 1. The molecule has 4 heteroatoms. The summed E-state index contributed by atoms with van der Waals surface area (Å²) in [5.41, 5.74) is 0.951. The maximum absolute atomic E-state index is 12.3. The molecule has 1 aromatic carbocycles. The summed E-state index contributed by atoms with van der Waals surface area (Å²) in [7, 11) is 1.67. The quantitative estimate of drug-likeness (QED) is 0.821. The molecule has 1 N–H and O–H groups in total. The molecule has 16 heavy (non-hydrogen) atoms. The fourth-order valence-electron chi connectivity index (χ4n) is 1.78. The number of nitrogens with one attached hydrogen (secondary N) is 1. The molecule has 0 spiro atoms. The van der Waals surface area contributed by atoms with Crippen LogP contribution in [0.25, 0.3) is 0 Å². The van der Waals surface area contributed by atoms with Crippen molar-refractivity contribution in [1.82, 2.24) is 5.32 Å². The molecule has 1 rings (SSSR count). The molecule has 1 nitrogen and oxygen atoms in total. The van der Waals surface area contributed by atoms with Gasteiger partial charge < -0.3 is 5.32 Å². The molecule has 0 radical (unpaired) electrons. The first kappa shape index (κ1) is 13.0. The SMILES string of the molecule is CNC[C@H](Cc1ccccc1)CC(F)(F)F. The van der Waals surface area contributed by atoms with Crippen LogP contribution in [0.3, 0.4) is 0 Å². The third-order valence-electron chi connectivity index (χ3n) is 2.38. The van der Waals surface area contributed by atoms with Crippen LogP contribution >= 0.6 is 0 Å². The van der Waals surface area contributed by atoms with Gasteiger partial charge in [0.1, 0.15) is 0 Å². The van der Waals surface area contributed by atoms with Gasteiger partial charge in [0.2, 0.25) is 0 Å². The zero-order valence-electron chi connectivity index (χ0n) is 9.22. The normalized spacial score (nSPS) is 13.8. The maximum atomic E-state index is 12.3. The molecule has 0 heterocycles. The fraction of sp³-hybridized carbons (Fsp3) is 0.500. The van der Waals surface area contributed by atoms with Crippen molar-refractivity contribution < 1.29 is 13.2 Å². The van der Waals surface area contributed by atoms with Gasteiger partial charge in [-0.15, -0.1) is 0 Å². The monoisotopic (exact) mass is 231 g/mol. The van der Waals surface area contributed by atoms with Crippen molar-refractivity contribution in [2.75, 3.05) is 13.6 Å². The molecule has 0 saturated carbocycles. The van der Waals surface area contributed by atoms with Gasteiger partial charge in [0.15, 0.2) is 0 Å². The number of rotatable bonds is 5. The van der Waals surface area contributed by atoms with Crippen LogP contribution < -0.4 is 5.32 Å². The van der Waals surface area contributed by atoms with Crippen molar-refractivity contribution >= 4 is 0 Å². The molecular weight excluding hydrogens is 215 g/mol. The van der Waals surface area contributed by atoms with Crippen LogP contribution in [0.4, 0.5) is 13.2 Å². The van der Waals surface area contributed by atoms with Crippen molar-refractivity contribution in [2.45, 2.75) is 19.0 Å². The predicted octanol–water partition coefficient (Wildman–Crippen LogP) is 3.02. The Morgan fingerprint density at radius 3 is 2.31 bits per heavy atom. The van der Waals surface area contributed by atoms with Gasteiger partial charge >= 0.3 is 6.18 Å². The van der Waals surface area contributed by atoms with Crippen molar-refractivity contribution in [3.8, 4) is 0 Å². The Hall–Kier alpha value is -1.03. The van der Waals surface area contributed by atoms with E-state index in [1.807, 2.05) is 30.3 Å². The van der Waals surface area contributed by atoms with Crippen LogP contribution in [0, 0.1) is 5.92 Å². The highest BCUT2D eigenvalue weighted by atomic mass is 19.4. The Kier molecular flexibility index (Phi) is 4.80. The van der Waals surface area contributed by atoms with Crippen LogP contribution in [0.2, 0.25) is 0 Å². The molecule has 0 fully saturated rings. The summed E-state index contributed by atoms with van der Waals surface area (Å²) >= 11 is 0.